The van der Waals surface area contributed by atoms with E-state index < -0.39 is 6.10 Å². The van der Waals surface area contributed by atoms with Crippen molar-refractivity contribution in [1.82, 2.24) is 9.55 Å². The van der Waals surface area contributed by atoms with Crippen molar-refractivity contribution >= 4 is 11.0 Å². The second-order valence-electron chi connectivity index (χ2n) is 5.21. The topological polar surface area (TPSA) is 38.1 Å². The standard InChI is InChI=1S/C17H18N2O/c1-12-6-5-7-13(10-12)16(20)11-17-18-14-8-3-4-9-15(14)19(17)2/h3-10,16,20H,11H2,1-2H3. The van der Waals surface area contributed by atoms with Gasteiger partial charge in [-0.05, 0) is 24.6 Å². The van der Waals surface area contributed by atoms with Gasteiger partial charge < -0.3 is 9.67 Å². The average molecular weight is 266 g/mol. The monoisotopic (exact) mass is 266 g/mol. The first kappa shape index (κ1) is 12.9. The lowest BCUT2D eigenvalue weighted by molar-refractivity contribution is 0.175. The highest BCUT2D eigenvalue weighted by Gasteiger charge is 2.14. The SMILES string of the molecule is Cc1cccc(C(O)Cc2nc3ccccc3n2C)c1. The van der Waals surface area contributed by atoms with Gasteiger partial charge in [0, 0.05) is 13.5 Å². The predicted molar refractivity (Wildman–Crippen MR) is 80.6 cm³/mol. The molecule has 1 atom stereocenters. The van der Waals surface area contributed by atoms with Gasteiger partial charge in [0.25, 0.3) is 0 Å². The molecule has 1 heterocycles. The van der Waals surface area contributed by atoms with E-state index in [1.54, 1.807) is 0 Å². The molecular weight excluding hydrogens is 248 g/mol. The van der Waals surface area contributed by atoms with Crippen molar-refractivity contribution in [3.8, 4) is 0 Å². The van der Waals surface area contributed by atoms with E-state index in [0.29, 0.717) is 6.42 Å². The second-order valence-corrected chi connectivity index (χ2v) is 5.21. The van der Waals surface area contributed by atoms with Crippen LogP contribution in [0.1, 0.15) is 23.1 Å². The first-order chi connectivity index (χ1) is 9.65. The van der Waals surface area contributed by atoms with Gasteiger partial charge in [-0.1, -0.05) is 42.0 Å². The Balaban J connectivity index is 1.91. The van der Waals surface area contributed by atoms with Crippen molar-refractivity contribution in [3.05, 3.63) is 65.5 Å². The maximum absolute atomic E-state index is 10.4. The molecule has 102 valence electrons. The predicted octanol–water partition coefficient (Wildman–Crippen LogP) is 3.16. The molecule has 20 heavy (non-hydrogen) atoms. The minimum Gasteiger partial charge on any atom is -0.388 e. The van der Waals surface area contributed by atoms with Crippen LogP contribution in [0.3, 0.4) is 0 Å². The zero-order valence-electron chi connectivity index (χ0n) is 11.7. The van der Waals surface area contributed by atoms with E-state index in [-0.39, 0.29) is 0 Å². The van der Waals surface area contributed by atoms with E-state index >= 15 is 0 Å². The molecule has 0 spiro atoms. The lowest BCUT2D eigenvalue weighted by Gasteiger charge is -2.11. The van der Waals surface area contributed by atoms with Gasteiger partial charge >= 0.3 is 0 Å². The molecule has 0 aliphatic carbocycles. The van der Waals surface area contributed by atoms with Gasteiger partial charge in [0.1, 0.15) is 5.82 Å². The van der Waals surface area contributed by atoms with Gasteiger partial charge in [0.05, 0.1) is 17.1 Å². The molecule has 3 heteroatoms. The molecule has 1 aromatic heterocycles. The van der Waals surface area contributed by atoms with Crippen LogP contribution >= 0.6 is 0 Å². The Kier molecular flexibility index (Phi) is 3.28. The van der Waals surface area contributed by atoms with Crippen LogP contribution < -0.4 is 0 Å². The molecule has 3 rings (SSSR count). The van der Waals surface area contributed by atoms with Gasteiger partial charge in [0.2, 0.25) is 0 Å². The summed E-state index contributed by atoms with van der Waals surface area (Å²) in [4.78, 5) is 4.60. The van der Waals surface area contributed by atoms with E-state index in [1.807, 2.05) is 67.1 Å². The highest BCUT2D eigenvalue weighted by atomic mass is 16.3. The lowest BCUT2D eigenvalue weighted by atomic mass is 10.0. The van der Waals surface area contributed by atoms with Crippen LogP contribution in [0.2, 0.25) is 0 Å². The number of fused-ring (bicyclic) bond motifs is 1. The minimum atomic E-state index is -0.523. The summed E-state index contributed by atoms with van der Waals surface area (Å²) in [5.74, 6) is 0.903. The summed E-state index contributed by atoms with van der Waals surface area (Å²) in [6, 6.07) is 16.0. The van der Waals surface area contributed by atoms with Gasteiger partial charge in [-0.25, -0.2) is 4.98 Å². The van der Waals surface area contributed by atoms with Crippen molar-refractivity contribution < 1.29 is 5.11 Å². The minimum absolute atomic E-state index is 0.522. The number of imidazole rings is 1. The molecule has 2 aromatic carbocycles. The normalized spacial score (nSPS) is 12.8. The molecule has 0 saturated carbocycles. The summed E-state index contributed by atoms with van der Waals surface area (Å²) in [6.45, 7) is 2.03. The molecular formula is C17H18N2O. The molecule has 1 N–H and O–H groups in total. The zero-order valence-corrected chi connectivity index (χ0v) is 11.7. The molecule has 0 radical (unpaired) electrons. The Labute approximate surface area is 118 Å². The summed E-state index contributed by atoms with van der Waals surface area (Å²) < 4.78 is 2.05. The number of para-hydroxylation sites is 2. The van der Waals surface area contributed by atoms with Crippen LogP contribution in [0.15, 0.2) is 48.5 Å². The molecule has 0 aliphatic rings. The largest absolute Gasteiger partial charge is 0.388 e. The molecule has 0 fully saturated rings. The number of aryl methyl sites for hydroxylation is 2. The summed E-state index contributed by atoms with van der Waals surface area (Å²) in [7, 11) is 1.99. The molecule has 0 amide bonds. The van der Waals surface area contributed by atoms with Gasteiger partial charge in [0.15, 0.2) is 0 Å². The summed E-state index contributed by atoms with van der Waals surface area (Å²) in [5.41, 5.74) is 4.17. The highest BCUT2D eigenvalue weighted by molar-refractivity contribution is 5.75. The van der Waals surface area contributed by atoms with E-state index in [4.69, 9.17) is 0 Å². The van der Waals surface area contributed by atoms with Crippen molar-refractivity contribution in [2.75, 3.05) is 0 Å². The molecule has 0 aliphatic heterocycles. The lowest BCUT2D eigenvalue weighted by Crippen LogP contribution is -2.07. The smallest absolute Gasteiger partial charge is 0.112 e. The maximum atomic E-state index is 10.4. The number of benzene rings is 2. The van der Waals surface area contributed by atoms with Gasteiger partial charge in [-0.2, -0.15) is 0 Å². The van der Waals surface area contributed by atoms with Crippen LogP contribution in [-0.4, -0.2) is 14.7 Å². The van der Waals surface area contributed by atoms with Gasteiger partial charge in [-0.15, -0.1) is 0 Å². The Bertz CT molecular complexity index is 746. The molecule has 0 bridgehead atoms. The van der Waals surface area contributed by atoms with Crippen molar-refractivity contribution in [2.45, 2.75) is 19.4 Å². The van der Waals surface area contributed by atoms with Crippen LogP contribution in [0.25, 0.3) is 11.0 Å². The van der Waals surface area contributed by atoms with Crippen LogP contribution in [-0.2, 0) is 13.5 Å². The molecule has 1 unspecified atom stereocenters. The number of aliphatic hydroxyl groups excluding tert-OH is 1. The van der Waals surface area contributed by atoms with Crippen LogP contribution in [0, 0.1) is 6.92 Å². The first-order valence-electron chi connectivity index (χ1n) is 6.80. The number of nitrogens with zero attached hydrogens (tertiary/aromatic N) is 2. The number of rotatable bonds is 3. The van der Waals surface area contributed by atoms with E-state index in [0.717, 1.165) is 28.0 Å². The Morgan fingerprint density at radius 2 is 1.95 bits per heavy atom. The fourth-order valence-corrected chi connectivity index (χ4v) is 2.55. The Morgan fingerprint density at radius 3 is 2.70 bits per heavy atom. The van der Waals surface area contributed by atoms with Crippen LogP contribution in [0.5, 0.6) is 0 Å². The number of aliphatic hydroxyl groups is 1. The Morgan fingerprint density at radius 1 is 1.15 bits per heavy atom. The summed E-state index contributed by atoms with van der Waals surface area (Å²) in [6.07, 6.45) is -0.000313. The quantitative estimate of drug-likeness (QED) is 0.790. The zero-order chi connectivity index (χ0) is 14.1. The second kappa shape index (κ2) is 5.10. The first-order valence-corrected chi connectivity index (χ1v) is 6.80. The number of aromatic nitrogens is 2. The summed E-state index contributed by atoms with van der Waals surface area (Å²) >= 11 is 0. The summed E-state index contributed by atoms with van der Waals surface area (Å²) in [5, 5.41) is 10.4. The van der Waals surface area contributed by atoms with E-state index in [1.165, 1.54) is 0 Å². The molecule has 0 saturated heterocycles. The molecule has 3 aromatic rings. The third-order valence-electron chi connectivity index (χ3n) is 3.68. The van der Waals surface area contributed by atoms with Gasteiger partial charge in [-0.3, -0.25) is 0 Å². The highest BCUT2D eigenvalue weighted by Crippen LogP contribution is 2.21. The Hall–Kier alpha value is -2.13. The fourth-order valence-electron chi connectivity index (χ4n) is 2.55. The fraction of sp³-hybridized carbons (Fsp3) is 0.235. The third-order valence-corrected chi connectivity index (χ3v) is 3.68. The van der Waals surface area contributed by atoms with E-state index in [2.05, 4.69) is 4.98 Å². The van der Waals surface area contributed by atoms with Crippen LogP contribution in [0.4, 0.5) is 0 Å². The number of hydrogen-bond donors (Lipinski definition) is 1. The van der Waals surface area contributed by atoms with Crippen molar-refractivity contribution in [3.63, 3.8) is 0 Å². The number of hydrogen-bond acceptors (Lipinski definition) is 2. The van der Waals surface area contributed by atoms with Crippen molar-refractivity contribution in [2.24, 2.45) is 7.05 Å². The average Bonchev–Trinajstić information content (AvgIpc) is 2.76. The van der Waals surface area contributed by atoms with E-state index in [9.17, 15) is 5.11 Å². The molecule has 3 nitrogen and oxygen atoms in total. The maximum Gasteiger partial charge on any atom is 0.112 e. The third kappa shape index (κ3) is 2.32. The van der Waals surface area contributed by atoms with Crippen molar-refractivity contribution in [1.29, 1.82) is 0 Å².